The Labute approximate surface area is 139 Å². The molecule has 0 spiro atoms. The maximum atomic E-state index is 13.0. The molecule has 2 aromatic heterocycles. The topological polar surface area (TPSA) is 49.0 Å². The third kappa shape index (κ3) is 2.77. The van der Waals surface area contributed by atoms with Crippen molar-refractivity contribution >= 4 is 16.8 Å². The van der Waals surface area contributed by atoms with Crippen LogP contribution in [0.15, 0.2) is 48.8 Å². The number of aromatic amines is 1. The average molecular weight is 323 g/mol. The van der Waals surface area contributed by atoms with E-state index in [0.717, 1.165) is 23.7 Å². The summed E-state index contributed by atoms with van der Waals surface area (Å²) in [4.78, 5) is 21.9. The highest BCUT2D eigenvalue weighted by molar-refractivity contribution is 5.94. The number of halogens is 1. The van der Waals surface area contributed by atoms with Crippen molar-refractivity contribution < 1.29 is 9.18 Å². The number of carbonyl (C=O) groups is 1. The van der Waals surface area contributed by atoms with E-state index in [1.807, 2.05) is 17.2 Å². The second-order valence-corrected chi connectivity index (χ2v) is 6.26. The van der Waals surface area contributed by atoms with Gasteiger partial charge in [-0.25, -0.2) is 4.39 Å². The minimum absolute atomic E-state index is 0.0192. The molecule has 1 aliphatic rings. The van der Waals surface area contributed by atoms with Crippen LogP contribution < -0.4 is 0 Å². The SMILES string of the molecule is O=C(c1ccc(F)cc1)N1CCC(c2cc3cnccc3[nH]2)CC1. The lowest BCUT2D eigenvalue weighted by Crippen LogP contribution is -2.38. The summed E-state index contributed by atoms with van der Waals surface area (Å²) in [5.41, 5.74) is 2.86. The fourth-order valence-corrected chi connectivity index (χ4v) is 3.38. The zero-order chi connectivity index (χ0) is 16.5. The molecule has 0 unspecified atom stereocenters. The van der Waals surface area contributed by atoms with E-state index in [4.69, 9.17) is 0 Å². The van der Waals surface area contributed by atoms with Crippen LogP contribution in [-0.4, -0.2) is 33.9 Å². The number of hydrogen-bond donors (Lipinski definition) is 1. The summed E-state index contributed by atoms with van der Waals surface area (Å²) in [5, 5.41) is 1.12. The number of aromatic nitrogens is 2. The van der Waals surface area contributed by atoms with Gasteiger partial charge in [-0.15, -0.1) is 0 Å². The highest BCUT2D eigenvalue weighted by atomic mass is 19.1. The minimum Gasteiger partial charge on any atom is -0.358 e. The van der Waals surface area contributed by atoms with Crippen molar-refractivity contribution in [2.45, 2.75) is 18.8 Å². The molecule has 5 heteroatoms. The summed E-state index contributed by atoms with van der Waals surface area (Å²) in [7, 11) is 0. The largest absolute Gasteiger partial charge is 0.358 e. The molecule has 1 N–H and O–H groups in total. The first-order valence-corrected chi connectivity index (χ1v) is 8.18. The third-order valence-corrected chi connectivity index (χ3v) is 4.76. The van der Waals surface area contributed by atoms with Crippen LogP contribution in [0, 0.1) is 5.82 Å². The standard InChI is InChI=1S/C19H18FN3O/c20-16-3-1-14(2-4-16)19(24)23-9-6-13(7-10-23)18-11-15-12-21-8-5-17(15)22-18/h1-5,8,11-13,22H,6-7,9-10H2. The van der Waals surface area contributed by atoms with Crippen molar-refractivity contribution in [1.29, 1.82) is 0 Å². The van der Waals surface area contributed by atoms with Gasteiger partial charge in [0.2, 0.25) is 0 Å². The van der Waals surface area contributed by atoms with E-state index in [1.54, 1.807) is 18.3 Å². The fourth-order valence-electron chi connectivity index (χ4n) is 3.38. The molecule has 4 rings (SSSR count). The summed E-state index contributed by atoms with van der Waals surface area (Å²) in [6.45, 7) is 1.43. The molecule has 1 saturated heterocycles. The number of nitrogens with zero attached hydrogens (tertiary/aromatic N) is 2. The van der Waals surface area contributed by atoms with Gasteiger partial charge in [-0.05, 0) is 49.2 Å². The highest BCUT2D eigenvalue weighted by Crippen LogP contribution is 2.30. The Morgan fingerprint density at radius 3 is 2.62 bits per heavy atom. The maximum Gasteiger partial charge on any atom is 0.253 e. The lowest BCUT2D eigenvalue weighted by atomic mass is 9.93. The Balaban J connectivity index is 1.44. The molecule has 0 atom stereocenters. The molecule has 0 bridgehead atoms. The van der Waals surface area contributed by atoms with E-state index in [1.165, 1.54) is 17.8 Å². The Morgan fingerprint density at radius 2 is 1.92 bits per heavy atom. The molecule has 24 heavy (non-hydrogen) atoms. The Hall–Kier alpha value is -2.69. The first-order chi connectivity index (χ1) is 11.7. The number of nitrogens with one attached hydrogen (secondary N) is 1. The smallest absolute Gasteiger partial charge is 0.253 e. The molecule has 1 amide bonds. The number of amides is 1. The van der Waals surface area contributed by atoms with Gasteiger partial charge in [0.1, 0.15) is 5.82 Å². The van der Waals surface area contributed by atoms with Crippen LogP contribution in [0.5, 0.6) is 0 Å². The van der Waals surface area contributed by atoms with Crippen molar-refractivity contribution in [3.8, 4) is 0 Å². The van der Waals surface area contributed by atoms with Crippen LogP contribution in [0.25, 0.3) is 10.9 Å². The van der Waals surface area contributed by atoms with Gasteiger partial charge < -0.3 is 9.88 Å². The van der Waals surface area contributed by atoms with Gasteiger partial charge in [0.25, 0.3) is 5.91 Å². The third-order valence-electron chi connectivity index (χ3n) is 4.76. The van der Waals surface area contributed by atoms with E-state index < -0.39 is 0 Å². The van der Waals surface area contributed by atoms with Crippen molar-refractivity contribution in [2.75, 3.05) is 13.1 Å². The molecule has 4 nitrogen and oxygen atoms in total. The Bertz CT molecular complexity index is 831. The van der Waals surface area contributed by atoms with Gasteiger partial charge in [-0.2, -0.15) is 0 Å². The number of rotatable bonds is 2. The lowest BCUT2D eigenvalue weighted by Gasteiger charge is -2.31. The number of benzene rings is 1. The normalized spacial score (nSPS) is 15.8. The van der Waals surface area contributed by atoms with Crippen molar-refractivity contribution in [3.05, 3.63) is 65.9 Å². The van der Waals surface area contributed by atoms with Crippen molar-refractivity contribution in [1.82, 2.24) is 14.9 Å². The van der Waals surface area contributed by atoms with E-state index >= 15 is 0 Å². The maximum absolute atomic E-state index is 13.0. The number of carbonyl (C=O) groups excluding carboxylic acids is 1. The van der Waals surface area contributed by atoms with Crippen LogP contribution in [0.1, 0.15) is 34.8 Å². The van der Waals surface area contributed by atoms with Crippen LogP contribution in [0.3, 0.4) is 0 Å². The van der Waals surface area contributed by atoms with Crippen LogP contribution in [0.2, 0.25) is 0 Å². The number of hydrogen-bond acceptors (Lipinski definition) is 2. The van der Waals surface area contributed by atoms with Gasteiger partial charge in [0.15, 0.2) is 0 Å². The molecule has 1 fully saturated rings. The lowest BCUT2D eigenvalue weighted by molar-refractivity contribution is 0.0712. The Kier molecular flexibility index (Phi) is 3.76. The molecule has 3 aromatic rings. The van der Waals surface area contributed by atoms with Crippen LogP contribution >= 0.6 is 0 Å². The quantitative estimate of drug-likeness (QED) is 0.781. The first-order valence-electron chi connectivity index (χ1n) is 8.18. The van der Waals surface area contributed by atoms with Crippen molar-refractivity contribution in [2.24, 2.45) is 0 Å². The van der Waals surface area contributed by atoms with Gasteiger partial charge in [-0.3, -0.25) is 9.78 Å². The van der Waals surface area contributed by atoms with Crippen molar-refractivity contribution in [3.63, 3.8) is 0 Å². The van der Waals surface area contributed by atoms with Gasteiger partial charge >= 0.3 is 0 Å². The minimum atomic E-state index is -0.321. The zero-order valence-corrected chi connectivity index (χ0v) is 13.2. The summed E-state index contributed by atoms with van der Waals surface area (Å²) >= 11 is 0. The number of pyridine rings is 1. The van der Waals surface area contributed by atoms with E-state index in [0.29, 0.717) is 24.6 Å². The monoisotopic (exact) mass is 323 g/mol. The molecule has 0 aliphatic carbocycles. The van der Waals surface area contributed by atoms with Crippen LogP contribution in [0.4, 0.5) is 4.39 Å². The van der Waals surface area contributed by atoms with Crippen LogP contribution in [-0.2, 0) is 0 Å². The summed E-state index contributed by atoms with van der Waals surface area (Å²) < 4.78 is 13.0. The number of fused-ring (bicyclic) bond motifs is 1. The fraction of sp³-hybridized carbons (Fsp3) is 0.263. The van der Waals surface area contributed by atoms with E-state index in [-0.39, 0.29) is 11.7 Å². The molecule has 0 radical (unpaired) electrons. The van der Waals surface area contributed by atoms with E-state index in [2.05, 4.69) is 16.0 Å². The van der Waals surface area contributed by atoms with E-state index in [9.17, 15) is 9.18 Å². The zero-order valence-electron chi connectivity index (χ0n) is 13.2. The summed E-state index contributed by atoms with van der Waals surface area (Å²) in [6.07, 6.45) is 5.50. The number of H-pyrrole nitrogens is 1. The summed E-state index contributed by atoms with van der Waals surface area (Å²) in [6, 6.07) is 9.90. The molecular weight excluding hydrogens is 305 g/mol. The molecular formula is C19H18FN3O. The summed E-state index contributed by atoms with van der Waals surface area (Å²) in [5.74, 6) is 0.0857. The number of piperidine rings is 1. The second-order valence-electron chi connectivity index (χ2n) is 6.26. The van der Waals surface area contributed by atoms with Gasteiger partial charge in [0, 0.05) is 53.6 Å². The first kappa shape index (κ1) is 14.9. The Morgan fingerprint density at radius 1 is 1.17 bits per heavy atom. The second kappa shape index (κ2) is 6.07. The molecule has 3 heterocycles. The molecule has 1 aromatic carbocycles. The number of likely N-dealkylation sites (tertiary alicyclic amines) is 1. The predicted octanol–water partition coefficient (Wildman–Crippen LogP) is 3.72. The predicted molar refractivity (Wildman–Crippen MR) is 90.4 cm³/mol. The van der Waals surface area contributed by atoms with Gasteiger partial charge in [-0.1, -0.05) is 0 Å². The molecule has 1 aliphatic heterocycles. The molecule has 0 saturated carbocycles. The molecule has 122 valence electrons. The average Bonchev–Trinajstić information content (AvgIpc) is 3.06. The van der Waals surface area contributed by atoms with Gasteiger partial charge in [0.05, 0.1) is 0 Å². The highest BCUT2D eigenvalue weighted by Gasteiger charge is 2.25.